The predicted octanol–water partition coefficient (Wildman–Crippen LogP) is 2.24. The molecule has 0 radical (unpaired) electrons. The maximum atomic E-state index is 10.1. The minimum absolute atomic E-state index is 0.0621. The van der Waals surface area contributed by atoms with E-state index in [0.717, 1.165) is 37.2 Å². The van der Waals surface area contributed by atoms with Gasteiger partial charge in [0, 0.05) is 36.6 Å². The largest absolute Gasteiger partial charge is 0.396 e. The molecule has 0 amide bonds. The molecule has 2 bridgehead atoms. The third-order valence-electron chi connectivity index (χ3n) is 7.84. The minimum Gasteiger partial charge on any atom is -0.396 e. The summed E-state index contributed by atoms with van der Waals surface area (Å²) in [7, 11) is 0. The van der Waals surface area contributed by atoms with E-state index >= 15 is 0 Å². The summed E-state index contributed by atoms with van der Waals surface area (Å²) in [5, 5.41) is 24.6. The SMILES string of the molecule is C[C@]1(c2ccccc2)CCN(c2cc(CO)c3nc(C45CC(CO4)C5CO)nn3c2)C1. The van der Waals surface area contributed by atoms with E-state index in [2.05, 4.69) is 42.2 Å². The molecule has 2 aromatic heterocycles. The van der Waals surface area contributed by atoms with Gasteiger partial charge in [-0.15, -0.1) is 5.10 Å². The first-order valence-electron chi connectivity index (χ1n) is 11.1. The molecule has 3 aromatic rings. The van der Waals surface area contributed by atoms with Crippen molar-refractivity contribution in [3.8, 4) is 0 Å². The zero-order valence-corrected chi connectivity index (χ0v) is 17.7. The van der Waals surface area contributed by atoms with E-state index in [1.807, 2.05) is 12.3 Å². The second-order valence-corrected chi connectivity index (χ2v) is 9.64. The van der Waals surface area contributed by atoms with Crippen molar-refractivity contribution in [3.05, 3.63) is 59.5 Å². The van der Waals surface area contributed by atoms with E-state index in [9.17, 15) is 10.2 Å². The Balaban J connectivity index is 1.35. The van der Waals surface area contributed by atoms with Gasteiger partial charge in [0.15, 0.2) is 11.5 Å². The molecular formula is C24H28N4O3. The lowest BCUT2D eigenvalue weighted by Crippen LogP contribution is -2.47. The third kappa shape index (κ3) is 2.70. The molecule has 2 N–H and O–H groups in total. The summed E-state index contributed by atoms with van der Waals surface area (Å²) < 4.78 is 7.83. The topological polar surface area (TPSA) is 83.1 Å². The van der Waals surface area contributed by atoms with Crippen molar-refractivity contribution in [1.29, 1.82) is 0 Å². The summed E-state index contributed by atoms with van der Waals surface area (Å²) in [5.41, 5.74) is 3.35. The fraction of sp³-hybridized carbons (Fsp3) is 0.500. The highest BCUT2D eigenvalue weighted by Crippen LogP contribution is 2.58. The van der Waals surface area contributed by atoms with Crippen molar-refractivity contribution >= 4 is 11.3 Å². The second-order valence-electron chi connectivity index (χ2n) is 9.64. The Hall–Kier alpha value is -2.48. The lowest BCUT2D eigenvalue weighted by atomic mass is 9.64. The standard InChI is InChI=1S/C24H28N4O3/c1-23(18-5-3-2-4-6-18)7-8-27(15-23)19-9-16(12-29)21-25-22(26-28(21)11-19)24-10-17(14-31-24)20(24)13-30/h2-6,9,11,17,20,29-30H,7-8,10,12-15H2,1H3/t17?,20?,23-,24?/m0/s1. The van der Waals surface area contributed by atoms with Crippen molar-refractivity contribution in [2.75, 3.05) is 31.2 Å². The molecule has 4 aliphatic rings. The minimum atomic E-state index is -0.572. The number of aromatic nitrogens is 3. The van der Waals surface area contributed by atoms with Gasteiger partial charge in [-0.2, -0.15) is 0 Å². The highest BCUT2D eigenvalue weighted by atomic mass is 16.5. The average molecular weight is 421 g/mol. The van der Waals surface area contributed by atoms with Gasteiger partial charge in [-0.05, 0) is 30.4 Å². The Morgan fingerprint density at radius 3 is 2.81 bits per heavy atom. The number of aliphatic hydroxyl groups is 2. The molecule has 4 atom stereocenters. The van der Waals surface area contributed by atoms with E-state index < -0.39 is 5.60 Å². The maximum Gasteiger partial charge on any atom is 0.183 e. The van der Waals surface area contributed by atoms with E-state index in [4.69, 9.17) is 14.8 Å². The lowest BCUT2D eigenvalue weighted by molar-refractivity contribution is -0.0837. The first-order chi connectivity index (χ1) is 15.1. The van der Waals surface area contributed by atoms with Gasteiger partial charge in [0.2, 0.25) is 0 Å². The van der Waals surface area contributed by atoms with Gasteiger partial charge in [-0.3, -0.25) is 0 Å². The summed E-state index contributed by atoms with van der Waals surface area (Å²) in [6.45, 7) is 4.83. The fourth-order valence-electron chi connectivity index (χ4n) is 5.88. The number of aliphatic hydroxyl groups excluding tert-OH is 2. The van der Waals surface area contributed by atoms with Crippen molar-refractivity contribution in [2.45, 2.75) is 37.4 Å². The van der Waals surface area contributed by atoms with Crippen LogP contribution in [0.1, 0.15) is 36.7 Å². The molecule has 0 spiro atoms. The van der Waals surface area contributed by atoms with Crippen LogP contribution in [-0.4, -0.2) is 51.1 Å². The number of pyridine rings is 1. The van der Waals surface area contributed by atoms with Gasteiger partial charge < -0.3 is 19.8 Å². The summed E-state index contributed by atoms with van der Waals surface area (Å²) in [4.78, 5) is 7.12. The number of anilines is 1. The van der Waals surface area contributed by atoms with Crippen LogP contribution in [-0.2, 0) is 22.4 Å². The molecule has 1 aromatic carbocycles. The predicted molar refractivity (Wildman–Crippen MR) is 116 cm³/mol. The number of hydrogen-bond donors (Lipinski definition) is 2. The van der Waals surface area contributed by atoms with Crippen LogP contribution in [0.5, 0.6) is 0 Å². The number of benzene rings is 1. The summed E-state index contributed by atoms with van der Waals surface area (Å²) >= 11 is 0. The van der Waals surface area contributed by atoms with Crippen LogP contribution < -0.4 is 4.90 Å². The number of nitrogens with zero attached hydrogens (tertiary/aromatic N) is 4. The van der Waals surface area contributed by atoms with Gasteiger partial charge in [0.25, 0.3) is 0 Å². The zero-order chi connectivity index (χ0) is 21.2. The van der Waals surface area contributed by atoms with Gasteiger partial charge in [0.1, 0.15) is 5.60 Å². The lowest BCUT2D eigenvalue weighted by Gasteiger charge is -2.41. The molecule has 162 valence electrons. The molecule has 1 aliphatic carbocycles. The van der Waals surface area contributed by atoms with Crippen LogP contribution in [0.3, 0.4) is 0 Å². The van der Waals surface area contributed by atoms with Crippen molar-refractivity contribution in [1.82, 2.24) is 14.6 Å². The summed E-state index contributed by atoms with van der Waals surface area (Å²) in [5.74, 6) is 1.08. The molecule has 1 saturated carbocycles. The fourth-order valence-corrected chi connectivity index (χ4v) is 5.88. The monoisotopic (exact) mass is 420 g/mol. The molecule has 7 heteroatoms. The van der Waals surface area contributed by atoms with Crippen LogP contribution in [0.25, 0.3) is 5.65 Å². The molecule has 5 heterocycles. The first kappa shape index (κ1) is 19.2. The highest BCUT2D eigenvalue weighted by molar-refractivity contribution is 5.58. The third-order valence-corrected chi connectivity index (χ3v) is 7.84. The van der Waals surface area contributed by atoms with Crippen molar-refractivity contribution < 1.29 is 14.9 Å². The van der Waals surface area contributed by atoms with Gasteiger partial charge >= 0.3 is 0 Å². The first-order valence-corrected chi connectivity index (χ1v) is 11.1. The Morgan fingerprint density at radius 1 is 1.23 bits per heavy atom. The summed E-state index contributed by atoms with van der Waals surface area (Å²) in [6, 6.07) is 12.7. The smallest absolute Gasteiger partial charge is 0.183 e. The zero-order valence-electron chi connectivity index (χ0n) is 17.7. The van der Waals surface area contributed by atoms with E-state index in [1.165, 1.54) is 5.56 Å². The highest BCUT2D eigenvalue weighted by Gasteiger charge is 2.63. The summed E-state index contributed by atoms with van der Waals surface area (Å²) in [6.07, 6.45) is 3.94. The molecule has 31 heavy (non-hydrogen) atoms. The van der Waals surface area contributed by atoms with Crippen LogP contribution in [0, 0.1) is 11.8 Å². The number of rotatable bonds is 5. The Kier molecular flexibility index (Phi) is 4.19. The molecule has 7 rings (SSSR count). The van der Waals surface area contributed by atoms with E-state index in [1.54, 1.807) is 4.52 Å². The van der Waals surface area contributed by atoms with Crippen molar-refractivity contribution in [2.24, 2.45) is 11.8 Å². The normalized spacial score (nSPS) is 32.0. The number of fused-ring (bicyclic) bond motifs is 2. The van der Waals surface area contributed by atoms with Crippen LogP contribution in [0.15, 0.2) is 42.6 Å². The van der Waals surface area contributed by atoms with Gasteiger partial charge in [0.05, 0.1) is 25.1 Å². The maximum absolute atomic E-state index is 10.1. The molecule has 7 nitrogen and oxygen atoms in total. The van der Waals surface area contributed by atoms with Crippen LogP contribution in [0.4, 0.5) is 5.69 Å². The number of hydrogen-bond acceptors (Lipinski definition) is 6. The molecule has 3 unspecified atom stereocenters. The van der Waals surface area contributed by atoms with E-state index in [0.29, 0.717) is 24.0 Å². The molecule has 3 saturated heterocycles. The molecular weight excluding hydrogens is 392 g/mol. The number of ether oxygens (including phenoxy) is 1. The molecule has 4 fully saturated rings. The van der Waals surface area contributed by atoms with Gasteiger partial charge in [-0.1, -0.05) is 37.3 Å². The Bertz CT molecular complexity index is 1130. The average Bonchev–Trinajstić information content (AvgIpc) is 3.55. The van der Waals surface area contributed by atoms with Crippen LogP contribution in [0.2, 0.25) is 0 Å². The van der Waals surface area contributed by atoms with E-state index in [-0.39, 0.29) is 24.5 Å². The quantitative estimate of drug-likeness (QED) is 0.659. The van der Waals surface area contributed by atoms with Crippen molar-refractivity contribution in [3.63, 3.8) is 0 Å². The van der Waals surface area contributed by atoms with Crippen LogP contribution >= 0.6 is 0 Å². The van der Waals surface area contributed by atoms with Gasteiger partial charge in [-0.25, -0.2) is 9.50 Å². The Morgan fingerprint density at radius 2 is 2.06 bits per heavy atom. The Labute approximate surface area is 181 Å². The second kappa shape index (κ2) is 6.76. The molecule has 3 aliphatic heterocycles.